The maximum atomic E-state index is 11.9. The monoisotopic (exact) mass is 250 g/mol. The highest BCUT2D eigenvalue weighted by Crippen LogP contribution is 2.33. The topological polar surface area (TPSA) is 46.5 Å². The fourth-order valence-corrected chi connectivity index (χ4v) is 2.03. The second kappa shape index (κ2) is 5.25. The summed E-state index contributed by atoms with van der Waals surface area (Å²) < 4.78 is 28.7. The lowest BCUT2D eigenvalue weighted by Crippen LogP contribution is -2.08. The van der Waals surface area contributed by atoms with Crippen LogP contribution in [0.5, 0.6) is 5.75 Å². The smallest absolute Gasteiger partial charge is 0.349 e. The van der Waals surface area contributed by atoms with Gasteiger partial charge in [-0.3, -0.25) is 0 Å². The zero-order chi connectivity index (χ0) is 12.3. The van der Waals surface area contributed by atoms with Crippen molar-refractivity contribution in [3.8, 4) is 5.75 Å². The molecule has 0 aliphatic heterocycles. The maximum Gasteiger partial charge on any atom is 0.349 e. The van der Waals surface area contributed by atoms with Crippen molar-refractivity contribution in [2.75, 3.05) is 6.61 Å². The molecule has 0 aromatic carbocycles. The Hall–Kier alpha value is -1.17. The Morgan fingerprint density at radius 3 is 2.62 bits per heavy atom. The summed E-state index contributed by atoms with van der Waals surface area (Å²) in [7, 11) is 0. The summed E-state index contributed by atoms with van der Waals surface area (Å²) in [5.41, 5.74) is 0. The van der Waals surface area contributed by atoms with Gasteiger partial charge in [0.1, 0.15) is 12.4 Å². The molecule has 0 saturated heterocycles. The van der Waals surface area contributed by atoms with E-state index in [0.29, 0.717) is 0 Å². The molecule has 3 nitrogen and oxygen atoms in total. The Balaban J connectivity index is 2.91. The normalized spacial score (nSPS) is 11.1. The van der Waals surface area contributed by atoms with E-state index < -0.39 is 19.0 Å². The number of hydrogen-bond donors (Lipinski definition) is 1. The molecule has 0 atom stereocenters. The fourth-order valence-electron chi connectivity index (χ4n) is 1.09. The third kappa shape index (κ3) is 3.16. The fraction of sp³-hybridized carbons (Fsp3) is 0.500. The van der Waals surface area contributed by atoms with E-state index >= 15 is 0 Å². The predicted molar refractivity (Wildman–Crippen MR) is 56.9 cm³/mol. The summed E-state index contributed by atoms with van der Waals surface area (Å²) in [6, 6.07) is 1.52. The zero-order valence-corrected chi connectivity index (χ0v) is 9.68. The number of ether oxygens (including phenoxy) is 1. The first-order chi connectivity index (χ1) is 7.41. The molecule has 1 heterocycles. The van der Waals surface area contributed by atoms with E-state index in [0.717, 1.165) is 16.2 Å². The summed E-state index contributed by atoms with van der Waals surface area (Å²) in [5.74, 6) is -0.977. The first kappa shape index (κ1) is 12.9. The minimum absolute atomic E-state index is 0.0237. The van der Waals surface area contributed by atoms with Gasteiger partial charge in [0.15, 0.2) is 4.88 Å². The van der Waals surface area contributed by atoms with Gasteiger partial charge in [0.25, 0.3) is 6.43 Å². The third-order valence-electron chi connectivity index (χ3n) is 1.85. The molecule has 0 aliphatic rings. The number of carboxylic acids is 1. The molecule has 1 aromatic heterocycles. The molecule has 1 N–H and O–H groups in total. The van der Waals surface area contributed by atoms with Crippen LogP contribution in [0.2, 0.25) is 0 Å². The van der Waals surface area contributed by atoms with Crippen molar-refractivity contribution < 1.29 is 23.4 Å². The van der Waals surface area contributed by atoms with E-state index in [2.05, 4.69) is 0 Å². The Labute approximate surface area is 95.7 Å². The molecular weight excluding hydrogens is 238 g/mol. The largest absolute Gasteiger partial charge is 0.486 e. The second-order valence-corrected chi connectivity index (χ2v) is 4.59. The van der Waals surface area contributed by atoms with Crippen LogP contribution in [0.4, 0.5) is 8.78 Å². The van der Waals surface area contributed by atoms with Crippen LogP contribution in [-0.2, 0) is 0 Å². The lowest BCUT2D eigenvalue weighted by atomic mass is 10.2. The number of aromatic carboxylic acids is 1. The van der Waals surface area contributed by atoms with Crippen LogP contribution < -0.4 is 4.74 Å². The molecule has 0 unspecified atom stereocenters. The number of carboxylic acid groups (broad SMARTS) is 1. The van der Waals surface area contributed by atoms with E-state index in [-0.39, 0.29) is 16.5 Å². The SMILES string of the molecule is CC(C)c1cc(OCC(F)F)c(C(=O)O)s1. The van der Waals surface area contributed by atoms with Gasteiger partial charge in [0.2, 0.25) is 0 Å². The highest BCUT2D eigenvalue weighted by molar-refractivity contribution is 7.14. The summed E-state index contributed by atoms with van der Waals surface area (Å²) >= 11 is 1.06. The molecule has 6 heteroatoms. The van der Waals surface area contributed by atoms with E-state index in [4.69, 9.17) is 9.84 Å². The molecule has 0 spiro atoms. The second-order valence-electron chi connectivity index (χ2n) is 3.50. The lowest BCUT2D eigenvalue weighted by molar-refractivity contribution is 0.0671. The van der Waals surface area contributed by atoms with Gasteiger partial charge < -0.3 is 9.84 Å². The minimum Gasteiger partial charge on any atom is -0.486 e. The highest BCUT2D eigenvalue weighted by atomic mass is 32.1. The van der Waals surface area contributed by atoms with Crippen LogP contribution in [0.15, 0.2) is 6.07 Å². The standard InChI is InChI=1S/C10H12F2O3S/c1-5(2)7-3-6(15-4-8(11)12)9(16-7)10(13)14/h3,5,8H,4H2,1-2H3,(H,13,14). The number of halogens is 2. The van der Waals surface area contributed by atoms with Gasteiger partial charge in [-0.15, -0.1) is 11.3 Å². The van der Waals surface area contributed by atoms with Crippen LogP contribution in [0.3, 0.4) is 0 Å². The summed E-state index contributed by atoms with van der Waals surface area (Å²) in [6.45, 7) is 3.01. The van der Waals surface area contributed by atoms with Crippen molar-refractivity contribution >= 4 is 17.3 Å². The quantitative estimate of drug-likeness (QED) is 0.872. The average molecular weight is 250 g/mol. The summed E-state index contributed by atoms with van der Waals surface area (Å²) in [5, 5.41) is 8.87. The zero-order valence-electron chi connectivity index (χ0n) is 8.87. The molecule has 90 valence electrons. The van der Waals surface area contributed by atoms with Gasteiger partial charge >= 0.3 is 5.97 Å². The average Bonchev–Trinajstić information content (AvgIpc) is 2.58. The lowest BCUT2D eigenvalue weighted by Gasteiger charge is -2.03. The number of rotatable bonds is 5. The highest BCUT2D eigenvalue weighted by Gasteiger charge is 2.19. The van der Waals surface area contributed by atoms with Gasteiger partial charge in [0.05, 0.1) is 0 Å². The van der Waals surface area contributed by atoms with Crippen LogP contribution in [0, 0.1) is 0 Å². The van der Waals surface area contributed by atoms with Crippen LogP contribution >= 0.6 is 11.3 Å². The molecule has 0 aliphatic carbocycles. The molecule has 0 bridgehead atoms. The van der Waals surface area contributed by atoms with Crippen molar-refractivity contribution in [1.82, 2.24) is 0 Å². The van der Waals surface area contributed by atoms with Gasteiger partial charge in [-0.05, 0) is 12.0 Å². The third-order valence-corrected chi connectivity index (χ3v) is 3.25. The summed E-state index contributed by atoms with van der Waals surface area (Å²) in [6.07, 6.45) is -2.61. The molecule has 0 radical (unpaired) electrons. The molecule has 0 fully saturated rings. The van der Waals surface area contributed by atoms with Gasteiger partial charge in [-0.25, -0.2) is 13.6 Å². The van der Waals surface area contributed by atoms with Crippen molar-refractivity contribution in [3.63, 3.8) is 0 Å². The Morgan fingerprint density at radius 2 is 2.19 bits per heavy atom. The number of thiophene rings is 1. The Bertz CT molecular complexity index is 374. The Morgan fingerprint density at radius 1 is 1.56 bits per heavy atom. The molecule has 0 amide bonds. The van der Waals surface area contributed by atoms with Crippen LogP contribution in [-0.4, -0.2) is 24.1 Å². The predicted octanol–water partition coefficient (Wildman–Crippen LogP) is 3.21. The molecule has 1 aromatic rings. The summed E-state index contributed by atoms with van der Waals surface area (Å²) in [4.78, 5) is 11.6. The first-order valence-corrected chi connectivity index (χ1v) is 5.51. The van der Waals surface area contributed by atoms with E-state index in [1.165, 1.54) is 6.07 Å². The van der Waals surface area contributed by atoms with Crippen molar-refractivity contribution in [1.29, 1.82) is 0 Å². The van der Waals surface area contributed by atoms with E-state index in [9.17, 15) is 13.6 Å². The number of carbonyl (C=O) groups is 1. The van der Waals surface area contributed by atoms with Gasteiger partial charge in [0, 0.05) is 4.88 Å². The van der Waals surface area contributed by atoms with Crippen molar-refractivity contribution in [2.45, 2.75) is 26.2 Å². The molecular formula is C10H12F2O3S. The molecule has 1 rings (SSSR count). The number of hydrogen-bond acceptors (Lipinski definition) is 3. The maximum absolute atomic E-state index is 11.9. The van der Waals surface area contributed by atoms with Crippen molar-refractivity contribution in [3.05, 3.63) is 15.8 Å². The van der Waals surface area contributed by atoms with E-state index in [1.807, 2.05) is 13.8 Å². The molecule has 16 heavy (non-hydrogen) atoms. The number of alkyl halides is 2. The first-order valence-electron chi connectivity index (χ1n) is 4.69. The van der Waals surface area contributed by atoms with Crippen LogP contribution in [0.25, 0.3) is 0 Å². The van der Waals surface area contributed by atoms with Crippen LogP contribution in [0.1, 0.15) is 34.3 Å². The van der Waals surface area contributed by atoms with Gasteiger partial charge in [-0.1, -0.05) is 13.8 Å². The minimum atomic E-state index is -2.61. The van der Waals surface area contributed by atoms with Crippen molar-refractivity contribution in [2.24, 2.45) is 0 Å². The van der Waals surface area contributed by atoms with E-state index in [1.54, 1.807) is 0 Å². The Kier molecular flexibility index (Phi) is 4.23. The molecule has 0 saturated carbocycles. The van der Waals surface area contributed by atoms with Gasteiger partial charge in [-0.2, -0.15) is 0 Å².